The van der Waals surface area contributed by atoms with Crippen LogP contribution < -0.4 is 10.6 Å². The monoisotopic (exact) mass is 396 g/mol. The van der Waals surface area contributed by atoms with Crippen molar-refractivity contribution in [2.75, 3.05) is 10.6 Å². The summed E-state index contributed by atoms with van der Waals surface area (Å²) in [5, 5.41) is 6.15. The van der Waals surface area contributed by atoms with Crippen molar-refractivity contribution >= 4 is 33.2 Å². The van der Waals surface area contributed by atoms with E-state index in [9.17, 15) is 4.79 Å². The first-order valence-electron chi connectivity index (χ1n) is 7.77. The molecule has 2 heterocycles. The molecule has 0 fully saturated rings. The number of benzene rings is 1. The number of aryl methyl sites for hydroxylation is 1. The van der Waals surface area contributed by atoms with Crippen LogP contribution in [0, 0.1) is 6.92 Å². The Balaban J connectivity index is 1.67. The van der Waals surface area contributed by atoms with Gasteiger partial charge in [-0.25, -0.2) is 0 Å². The summed E-state index contributed by atoms with van der Waals surface area (Å²) in [5.74, 6) is -0.193. The molecule has 5 nitrogen and oxygen atoms in total. The van der Waals surface area contributed by atoms with Crippen LogP contribution in [0.4, 0.5) is 11.4 Å². The predicted octanol–water partition coefficient (Wildman–Crippen LogP) is 4.41. The van der Waals surface area contributed by atoms with Crippen molar-refractivity contribution in [3.63, 3.8) is 0 Å². The molecule has 3 rings (SSSR count). The maximum atomic E-state index is 12.4. The van der Waals surface area contributed by atoms with Crippen LogP contribution >= 0.6 is 15.9 Å². The molecule has 0 unspecified atom stereocenters. The van der Waals surface area contributed by atoms with Gasteiger partial charge in [-0.05, 0) is 54.4 Å². The number of amides is 1. The lowest BCUT2D eigenvalue weighted by Crippen LogP contribution is -2.13. The van der Waals surface area contributed by atoms with E-state index >= 15 is 0 Å². The fourth-order valence-electron chi connectivity index (χ4n) is 2.29. The van der Waals surface area contributed by atoms with E-state index < -0.39 is 0 Å². The number of nitrogens with one attached hydrogen (secondary N) is 2. The summed E-state index contributed by atoms with van der Waals surface area (Å²) in [6.07, 6.45) is 6.75. The molecule has 0 aliphatic carbocycles. The number of pyridine rings is 2. The van der Waals surface area contributed by atoms with Crippen LogP contribution in [0.1, 0.15) is 21.5 Å². The van der Waals surface area contributed by atoms with Crippen molar-refractivity contribution in [2.45, 2.75) is 13.5 Å². The molecule has 0 aliphatic rings. The topological polar surface area (TPSA) is 66.9 Å². The summed E-state index contributed by atoms with van der Waals surface area (Å²) in [5.41, 5.74) is 4.21. The third-order valence-corrected chi connectivity index (χ3v) is 4.55. The maximum Gasteiger partial charge on any atom is 0.257 e. The number of hydrogen-bond donors (Lipinski definition) is 2. The second-order valence-corrected chi connectivity index (χ2v) is 6.44. The van der Waals surface area contributed by atoms with Crippen LogP contribution in [-0.4, -0.2) is 15.9 Å². The molecular formula is C19H17BrN4O. The van der Waals surface area contributed by atoms with E-state index in [1.54, 1.807) is 30.9 Å². The van der Waals surface area contributed by atoms with Gasteiger partial charge >= 0.3 is 0 Å². The van der Waals surface area contributed by atoms with Gasteiger partial charge < -0.3 is 10.6 Å². The molecule has 25 heavy (non-hydrogen) atoms. The molecule has 1 amide bonds. The van der Waals surface area contributed by atoms with Gasteiger partial charge in [-0.2, -0.15) is 0 Å². The number of rotatable bonds is 5. The first-order valence-corrected chi connectivity index (χ1v) is 8.56. The van der Waals surface area contributed by atoms with Crippen molar-refractivity contribution in [1.82, 2.24) is 9.97 Å². The van der Waals surface area contributed by atoms with E-state index in [4.69, 9.17) is 0 Å². The highest BCUT2D eigenvalue weighted by Gasteiger charge is 2.08. The largest absolute Gasteiger partial charge is 0.380 e. The fraction of sp³-hybridized carbons (Fsp3) is 0.105. The van der Waals surface area contributed by atoms with Crippen LogP contribution in [0.2, 0.25) is 0 Å². The maximum absolute atomic E-state index is 12.4. The highest BCUT2D eigenvalue weighted by Crippen LogP contribution is 2.20. The van der Waals surface area contributed by atoms with Gasteiger partial charge in [-0.15, -0.1) is 0 Å². The van der Waals surface area contributed by atoms with Crippen LogP contribution in [0.25, 0.3) is 0 Å². The Labute approximate surface area is 154 Å². The molecule has 0 spiro atoms. The number of hydrogen-bond acceptors (Lipinski definition) is 4. The van der Waals surface area contributed by atoms with E-state index in [1.165, 1.54) is 0 Å². The summed E-state index contributed by atoms with van der Waals surface area (Å²) < 4.78 is 1.01. The van der Waals surface area contributed by atoms with E-state index in [2.05, 4.69) is 36.5 Å². The number of carbonyl (C=O) groups is 1. The van der Waals surface area contributed by atoms with E-state index in [-0.39, 0.29) is 5.91 Å². The highest BCUT2D eigenvalue weighted by molar-refractivity contribution is 9.10. The summed E-state index contributed by atoms with van der Waals surface area (Å²) in [6, 6.07) is 11.3. The van der Waals surface area contributed by atoms with Crippen molar-refractivity contribution in [3.05, 3.63) is 82.3 Å². The second kappa shape index (κ2) is 7.90. The van der Waals surface area contributed by atoms with E-state index in [0.29, 0.717) is 12.1 Å². The standard InChI is InChI=1S/C19H17BrN4O/c1-13-8-16(2-3-18(13)20)24-19(25)15-9-17(12-22-11-15)23-10-14-4-6-21-7-5-14/h2-9,11-12,23H,10H2,1H3,(H,24,25). The Morgan fingerprint density at radius 2 is 1.84 bits per heavy atom. The van der Waals surface area contributed by atoms with Gasteiger partial charge in [-0.1, -0.05) is 15.9 Å². The molecular weight excluding hydrogens is 380 g/mol. The van der Waals surface area contributed by atoms with Crippen molar-refractivity contribution in [3.8, 4) is 0 Å². The smallest absolute Gasteiger partial charge is 0.257 e. The molecule has 0 bridgehead atoms. The van der Waals surface area contributed by atoms with Crippen LogP contribution in [0.3, 0.4) is 0 Å². The van der Waals surface area contributed by atoms with Gasteiger partial charge in [0, 0.05) is 41.5 Å². The van der Waals surface area contributed by atoms with Gasteiger partial charge in [0.1, 0.15) is 0 Å². The van der Waals surface area contributed by atoms with Gasteiger partial charge in [0.05, 0.1) is 11.3 Å². The van der Waals surface area contributed by atoms with Gasteiger partial charge in [-0.3, -0.25) is 14.8 Å². The predicted molar refractivity (Wildman–Crippen MR) is 103 cm³/mol. The average Bonchev–Trinajstić information content (AvgIpc) is 2.64. The van der Waals surface area contributed by atoms with E-state index in [0.717, 1.165) is 27.0 Å². The lowest BCUT2D eigenvalue weighted by molar-refractivity contribution is 0.102. The normalized spacial score (nSPS) is 10.3. The molecule has 0 atom stereocenters. The Hall–Kier alpha value is -2.73. The number of nitrogens with zero attached hydrogens (tertiary/aromatic N) is 2. The number of carbonyl (C=O) groups excluding carboxylic acids is 1. The SMILES string of the molecule is Cc1cc(NC(=O)c2cncc(NCc3ccncc3)c2)ccc1Br. The Bertz CT molecular complexity index is 884. The lowest BCUT2D eigenvalue weighted by Gasteiger charge is -2.09. The van der Waals surface area contributed by atoms with Crippen molar-refractivity contribution < 1.29 is 4.79 Å². The minimum atomic E-state index is -0.193. The first kappa shape index (κ1) is 17.1. The molecule has 6 heteroatoms. The number of aromatic nitrogens is 2. The molecule has 0 radical (unpaired) electrons. The summed E-state index contributed by atoms with van der Waals surface area (Å²) in [6.45, 7) is 2.62. The summed E-state index contributed by atoms with van der Waals surface area (Å²) in [4.78, 5) is 20.6. The molecule has 0 saturated carbocycles. The molecule has 2 aromatic heterocycles. The molecule has 2 N–H and O–H groups in total. The third kappa shape index (κ3) is 4.64. The zero-order chi connectivity index (χ0) is 17.6. The van der Waals surface area contributed by atoms with Gasteiger partial charge in [0.15, 0.2) is 0 Å². The molecule has 3 aromatic rings. The minimum absolute atomic E-state index is 0.193. The van der Waals surface area contributed by atoms with Crippen molar-refractivity contribution in [1.29, 1.82) is 0 Å². The zero-order valence-electron chi connectivity index (χ0n) is 13.7. The second-order valence-electron chi connectivity index (χ2n) is 5.59. The fourth-order valence-corrected chi connectivity index (χ4v) is 2.54. The lowest BCUT2D eigenvalue weighted by atomic mass is 10.2. The zero-order valence-corrected chi connectivity index (χ0v) is 15.2. The number of halogens is 1. The molecule has 0 saturated heterocycles. The summed E-state index contributed by atoms with van der Waals surface area (Å²) in [7, 11) is 0. The Kier molecular flexibility index (Phi) is 5.40. The van der Waals surface area contributed by atoms with Crippen LogP contribution in [-0.2, 0) is 6.54 Å². The molecule has 0 aliphatic heterocycles. The summed E-state index contributed by atoms with van der Waals surface area (Å²) >= 11 is 3.45. The quantitative estimate of drug-likeness (QED) is 0.669. The molecule has 1 aromatic carbocycles. The van der Waals surface area contributed by atoms with Crippen molar-refractivity contribution in [2.24, 2.45) is 0 Å². The van der Waals surface area contributed by atoms with Crippen LogP contribution in [0.5, 0.6) is 0 Å². The Morgan fingerprint density at radius 3 is 2.60 bits per heavy atom. The van der Waals surface area contributed by atoms with Gasteiger partial charge in [0.25, 0.3) is 5.91 Å². The number of anilines is 2. The first-order chi connectivity index (χ1) is 12.1. The van der Waals surface area contributed by atoms with Gasteiger partial charge in [0.2, 0.25) is 0 Å². The van der Waals surface area contributed by atoms with E-state index in [1.807, 2.05) is 37.3 Å². The third-order valence-electron chi connectivity index (χ3n) is 3.66. The molecule has 126 valence electrons. The van der Waals surface area contributed by atoms with Crippen LogP contribution in [0.15, 0.2) is 65.7 Å². The highest BCUT2D eigenvalue weighted by atomic mass is 79.9. The average molecular weight is 397 g/mol. The Morgan fingerprint density at radius 1 is 1.04 bits per heavy atom. The minimum Gasteiger partial charge on any atom is -0.380 e.